The summed E-state index contributed by atoms with van der Waals surface area (Å²) in [6.45, 7) is 0. The van der Waals surface area contributed by atoms with E-state index in [1.807, 2.05) is 12.2 Å². The van der Waals surface area contributed by atoms with Crippen LogP contribution in [0.2, 0.25) is 0 Å². The van der Waals surface area contributed by atoms with Crippen LogP contribution in [-0.4, -0.2) is 17.3 Å². The molecule has 0 saturated carbocycles. The monoisotopic (exact) mass is 217 g/mol. The van der Waals surface area contributed by atoms with Crippen molar-refractivity contribution >= 4 is 0 Å². The first kappa shape index (κ1) is 11.4. The molecule has 0 spiro atoms. The lowest BCUT2D eigenvalue weighted by Gasteiger charge is -2.22. The first-order chi connectivity index (χ1) is 7.75. The summed E-state index contributed by atoms with van der Waals surface area (Å²) in [4.78, 5) is 0. The second kappa shape index (κ2) is 5.28. The summed E-state index contributed by atoms with van der Waals surface area (Å²) < 4.78 is 0. The van der Waals surface area contributed by atoms with Crippen LogP contribution in [-0.2, 0) is 0 Å². The molecule has 0 aromatic rings. The average molecular weight is 217 g/mol. The maximum atomic E-state index is 9.33. The van der Waals surface area contributed by atoms with Gasteiger partial charge in [0.25, 0.3) is 0 Å². The van der Waals surface area contributed by atoms with Crippen LogP contribution in [0.4, 0.5) is 0 Å². The summed E-state index contributed by atoms with van der Waals surface area (Å²) in [5.41, 5.74) is 7.44. The second-order valence-electron chi connectivity index (χ2n) is 4.52. The minimum atomic E-state index is -0.308. The molecule has 3 unspecified atom stereocenters. The van der Waals surface area contributed by atoms with Crippen molar-refractivity contribution < 1.29 is 5.11 Å². The molecule has 2 rings (SSSR count). The summed E-state index contributed by atoms with van der Waals surface area (Å²) in [7, 11) is 0. The van der Waals surface area contributed by atoms with Crippen LogP contribution >= 0.6 is 0 Å². The normalized spacial score (nSPS) is 30.2. The van der Waals surface area contributed by atoms with Gasteiger partial charge in [0.1, 0.15) is 0 Å². The Kier molecular flexibility index (Phi) is 3.75. The van der Waals surface area contributed by atoms with Crippen molar-refractivity contribution in [3.05, 3.63) is 48.1 Å². The van der Waals surface area contributed by atoms with E-state index >= 15 is 0 Å². The zero-order valence-corrected chi connectivity index (χ0v) is 9.42. The molecule has 2 aliphatic rings. The SMILES string of the molecule is NC(CC1=CCC(O)C=C1)C1C=CC=CC1. The highest BCUT2D eigenvalue weighted by atomic mass is 16.3. The van der Waals surface area contributed by atoms with Gasteiger partial charge in [-0.2, -0.15) is 0 Å². The van der Waals surface area contributed by atoms with Crippen LogP contribution in [0.1, 0.15) is 19.3 Å². The van der Waals surface area contributed by atoms with Crippen LogP contribution in [0.25, 0.3) is 0 Å². The lowest BCUT2D eigenvalue weighted by molar-refractivity contribution is 0.225. The maximum Gasteiger partial charge on any atom is 0.0758 e. The van der Waals surface area contributed by atoms with Gasteiger partial charge in [-0.15, -0.1) is 0 Å². The summed E-state index contributed by atoms with van der Waals surface area (Å²) >= 11 is 0. The number of nitrogens with two attached hydrogens (primary N) is 1. The van der Waals surface area contributed by atoms with Gasteiger partial charge in [-0.3, -0.25) is 0 Å². The summed E-state index contributed by atoms with van der Waals surface area (Å²) in [6.07, 6.45) is 16.8. The number of hydrogen-bond donors (Lipinski definition) is 2. The molecule has 0 saturated heterocycles. The molecule has 3 N–H and O–H groups in total. The Morgan fingerprint density at radius 3 is 2.81 bits per heavy atom. The molecule has 3 atom stereocenters. The quantitative estimate of drug-likeness (QED) is 0.760. The van der Waals surface area contributed by atoms with Crippen LogP contribution in [0.15, 0.2) is 48.1 Å². The van der Waals surface area contributed by atoms with E-state index in [2.05, 4.69) is 30.4 Å². The number of aliphatic hydroxyl groups excluding tert-OH is 1. The fraction of sp³-hybridized carbons (Fsp3) is 0.429. The summed E-state index contributed by atoms with van der Waals surface area (Å²) in [6, 6.07) is 0.173. The first-order valence-electron chi connectivity index (χ1n) is 5.90. The van der Waals surface area contributed by atoms with Gasteiger partial charge in [0, 0.05) is 6.04 Å². The van der Waals surface area contributed by atoms with E-state index in [4.69, 9.17) is 5.73 Å². The summed E-state index contributed by atoms with van der Waals surface area (Å²) in [5.74, 6) is 0.450. The zero-order valence-electron chi connectivity index (χ0n) is 9.42. The van der Waals surface area contributed by atoms with Crippen molar-refractivity contribution in [2.75, 3.05) is 0 Å². The molecule has 16 heavy (non-hydrogen) atoms. The number of aliphatic hydroxyl groups is 1. The van der Waals surface area contributed by atoms with E-state index in [1.54, 1.807) is 0 Å². The van der Waals surface area contributed by atoms with Gasteiger partial charge in [-0.1, -0.05) is 48.1 Å². The van der Waals surface area contributed by atoms with Gasteiger partial charge >= 0.3 is 0 Å². The molecule has 2 heteroatoms. The molecule has 0 fully saturated rings. The average Bonchev–Trinajstić information content (AvgIpc) is 2.33. The van der Waals surface area contributed by atoms with Crippen molar-refractivity contribution in [1.82, 2.24) is 0 Å². The molecule has 86 valence electrons. The van der Waals surface area contributed by atoms with E-state index in [0.29, 0.717) is 5.92 Å². The van der Waals surface area contributed by atoms with Crippen molar-refractivity contribution in [2.45, 2.75) is 31.4 Å². The lowest BCUT2D eigenvalue weighted by Crippen LogP contribution is -2.29. The molecule has 0 bridgehead atoms. The molecule has 2 aliphatic carbocycles. The Hall–Kier alpha value is -1.12. The zero-order chi connectivity index (χ0) is 11.4. The third kappa shape index (κ3) is 2.94. The van der Waals surface area contributed by atoms with E-state index < -0.39 is 0 Å². The number of hydrogen-bond acceptors (Lipinski definition) is 2. The molecular weight excluding hydrogens is 198 g/mol. The highest BCUT2D eigenvalue weighted by molar-refractivity contribution is 5.26. The van der Waals surface area contributed by atoms with Crippen molar-refractivity contribution in [3.63, 3.8) is 0 Å². The van der Waals surface area contributed by atoms with Gasteiger partial charge in [0.2, 0.25) is 0 Å². The number of allylic oxidation sites excluding steroid dienone is 4. The molecule has 0 aliphatic heterocycles. The summed E-state index contributed by atoms with van der Waals surface area (Å²) in [5, 5.41) is 9.33. The Labute approximate surface area is 96.8 Å². The Morgan fingerprint density at radius 2 is 2.19 bits per heavy atom. The predicted octanol–water partition coefficient (Wildman–Crippen LogP) is 2.08. The number of rotatable bonds is 3. The molecule has 0 heterocycles. The predicted molar refractivity (Wildman–Crippen MR) is 66.8 cm³/mol. The van der Waals surface area contributed by atoms with E-state index in [-0.39, 0.29) is 12.1 Å². The Bertz CT molecular complexity index is 352. The fourth-order valence-corrected chi connectivity index (χ4v) is 2.15. The largest absolute Gasteiger partial charge is 0.389 e. The second-order valence-corrected chi connectivity index (χ2v) is 4.52. The molecule has 0 amide bonds. The highest BCUT2D eigenvalue weighted by Crippen LogP contribution is 2.22. The van der Waals surface area contributed by atoms with E-state index in [1.165, 1.54) is 5.57 Å². The fourth-order valence-electron chi connectivity index (χ4n) is 2.15. The molecule has 2 nitrogen and oxygen atoms in total. The third-order valence-electron chi connectivity index (χ3n) is 3.19. The smallest absolute Gasteiger partial charge is 0.0758 e. The van der Waals surface area contributed by atoms with E-state index in [0.717, 1.165) is 19.3 Å². The minimum Gasteiger partial charge on any atom is -0.389 e. The van der Waals surface area contributed by atoms with Crippen LogP contribution in [0.3, 0.4) is 0 Å². The molecular formula is C14H19NO. The van der Waals surface area contributed by atoms with Gasteiger partial charge < -0.3 is 10.8 Å². The van der Waals surface area contributed by atoms with E-state index in [9.17, 15) is 5.11 Å². The maximum absolute atomic E-state index is 9.33. The van der Waals surface area contributed by atoms with Gasteiger partial charge in [0.15, 0.2) is 0 Å². The van der Waals surface area contributed by atoms with Gasteiger partial charge in [0.05, 0.1) is 6.10 Å². The topological polar surface area (TPSA) is 46.2 Å². The van der Waals surface area contributed by atoms with Crippen molar-refractivity contribution in [2.24, 2.45) is 11.7 Å². The van der Waals surface area contributed by atoms with Crippen molar-refractivity contribution in [3.8, 4) is 0 Å². The minimum absolute atomic E-state index is 0.173. The lowest BCUT2D eigenvalue weighted by atomic mass is 9.88. The van der Waals surface area contributed by atoms with Crippen molar-refractivity contribution in [1.29, 1.82) is 0 Å². The van der Waals surface area contributed by atoms with Gasteiger partial charge in [-0.25, -0.2) is 0 Å². The van der Waals surface area contributed by atoms with Crippen LogP contribution in [0.5, 0.6) is 0 Å². The van der Waals surface area contributed by atoms with Gasteiger partial charge in [-0.05, 0) is 25.2 Å². The Balaban J connectivity index is 1.88. The molecule has 0 aromatic heterocycles. The standard InChI is InChI=1S/C14H19NO/c15-14(12-4-2-1-3-5-12)10-11-6-8-13(16)9-7-11/h1-4,6-8,12-14,16H,5,9-10,15H2. The highest BCUT2D eigenvalue weighted by Gasteiger charge is 2.16. The first-order valence-corrected chi connectivity index (χ1v) is 5.90. The molecule has 0 aromatic carbocycles. The molecule has 0 radical (unpaired) electrons. The van der Waals surface area contributed by atoms with Crippen LogP contribution < -0.4 is 5.73 Å². The third-order valence-corrected chi connectivity index (χ3v) is 3.19. The Morgan fingerprint density at radius 1 is 1.31 bits per heavy atom. The van der Waals surface area contributed by atoms with Crippen LogP contribution in [0, 0.1) is 5.92 Å².